The van der Waals surface area contributed by atoms with E-state index < -0.39 is 0 Å². The van der Waals surface area contributed by atoms with Crippen LogP contribution >= 0.6 is 7.51 Å². The van der Waals surface area contributed by atoms with E-state index >= 15 is 0 Å². The zero-order chi connectivity index (χ0) is 8.39. The van der Waals surface area contributed by atoms with E-state index in [-0.39, 0.29) is 0 Å². The zero-order valence-corrected chi connectivity index (χ0v) is 8.44. The SMILES string of the molecule is S=PN1CCCc2ccccc21. The van der Waals surface area contributed by atoms with E-state index in [1.54, 1.807) is 0 Å². The molecule has 0 N–H and O–H groups in total. The van der Waals surface area contributed by atoms with Gasteiger partial charge < -0.3 is 4.67 Å². The van der Waals surface area contributed by atoms with Crippen molar-refractivity contribution < 1.29 is 0 Å². The van der Waals surface area contributed by atoms with Crippen LogP contribution in [0.3, 0.4) is 0 Å². The van der Waals surface area contributed by atoms with Crippen LogP contribution in [-0.4, -0.2) is 6.54 Å². The number of rotatable bonds is 1. The fraction of sp³-hybridized carbons (Fsp3) is 0.333. The molecule has 1 aliphatic rings. The van der Waals surface area contributed by atoms with E-state index in [9.17, 15) is 0 Å². The van der Waals surface area contributed by atoms with Gasteiger partial charge in [-0.2, -0.15) is 0 Å². The lowest BCUT2D eigenvalue weighted by atomic mass is 10.0. The second kappa shape index (κ2) is 3.51. The van der Waals surface area contributed by atoms with Gasteiger partial charge >= 0.3 is 0 Å². The molecule has 1 aromatic carbocycles. The quantitative estimate of drug-likeness (QED) is 0.634. The van der Waals surface area contributed by atoms with Crippen LogP contribution in [0.4, 0.5) is 5.69 Å². The molecule has 0 atom stereocenters. The zero-order valence-electron chi connectivity index (χ0n) is 6.73. The molecule has 12 heavy (non-hydrogen) atoms. The Morgan fingerprint density at radius 3 is 3.00 bits per heavy atom. The van der Waals surface area contributed by atoms with Gasteiger partial charge in [0.1, 0.15) is 0 Å². The molecule has 1 aliphatic heterocycles. The first-order chi connectivity index (χ1) is 5.92. The Bertz CT molecular complexity index is 300. The number of hydrogen-bond donors (Lipinski definition) is 0. The van der Waals surface area contributed by atoms with Crippen LogP contribution in [-0.2, 0) is 18.2 Å². The molecule has 1 heterocycles. The van der Waals surface area contributed by atoms with Crippen molar-refractivity contribution in [1.29, 1.82) is 0 Å². The highest BCUT2D eigenvalue weighted by Crippen LogP contribution is 2.30. The van der Waals surface area contributed by atoms with Crippen molar-refractivity contribution in [2.45, 2.75) is 12.8 Å². The fourth-order valence-electron chi connectivity index (χ4n) is 1.60. The lowest BCUT2D eigenvalue weighted by molar-refractivity contribution is 0.795. The average Bonchev–Trinajstić information content (AvgIpc) is 2.17. The van der Waals surface area contributed by atoms with Crippen molar-refractivity contribution in [3.8, 4) is 0 Å². The third-order valence-corrected chi connectivity index (χ3v) is 3.39. The monoisotopic (exact) mass is 195 g/mol. The molecule has 0 radical (unpaired) electrons. The summed E-state index contributed by atoms with van der Waals surface area (Å²) in [5.74, 6) is 0. The molecule has 0 aromatic heterocycles. The van der Waals surface area contributed by atoms with Gasteiger partial charge in [0.05, 0.1) is 7.51 Å². The molecule has 2 rings (SSSR count). The van der Waals surface area contributed by atoms with Crippen molar-refractivity contribution in [3.05, 3.63) is 29.8 Å². The predicted octanol–water partition coefficient (Wildman–Crippen LogP) is 2.76. The van der Waals surface area contributed by atoms with Gasteiger partial charge in [0.15, 0.2) is 0 Å². The lowest BCUT2D eigenvalue weighted by Gasteiger charge is -2.25. The Morgan fingerprint density at radius 2 is 2.17 bits per heavy atom. The topological polar surface area (TPSA) is 3.24 Å². The molecule has 62 valence electrons. The molecule has 0 bridgehead atoms. The van der Waals surface area contributed by atoms with Crippen molar-refractivity contribution in [2.75, 3.05) is 11.2 Å². The number of para-hydroxylation sites is 1. The van der Waals surface area contributed by atoms with Crippen LogP contribution in [0.15, 0.2) is 24.3 Å². The van der Waals surface area contributed by atoms with Gasteiger partial charge in [-0.3, -0.25) is 0 Å². The molecule has 0 saturated heterocycles. The summed E-state index contributed by atoms with van der Waals surface area (Å²) in [6, 6.07) is 8.54. The van der Waals surface area contributed by atoms with Gasteiger partial charge in [0.25, 0.3) is 0 Å². The molecule has 3 heteroatoms. The van der Waals surface area contributed by atoms with E-state index in [0.29, 0.717) is 0 Å². The van der Waals surface area contributed by atoms with Gasteiger partial charge in [0.2, 0.25) is 0 Å². The van der Waals surface area contributed by atoms with Crippen LogP contribution in [0.25, 0.3) is 0 Å². The Kier molecular flexibility index (Phi) is 2.38. The predicted molar refractivity (Wildman–Crippen MR) is 56.4 cm³/mol. The van der Waals surface area contributed by atoms with E-state index in [1.807, 2.05) is 0 Å². The van der Waals surface area contributed by atoms with Crippen LogP contribution < -0.4 is 4.67 Å². The number of benzene rings is 1. The summed E-state index contributed by atoms with van der Waals surface area (Å²) in [6.07, 6.45) is 2.44. The average molecular weight is 195 g/mol. The molecule has 0 spiro atoms. The van der Waals surface area contributed by atoms with Crippen LogP contribution in [0.2, 0.25) is 0 Å². The minimum absolute atomic E-state index is 0.948. The highest BCUT2D eigenvalue weighted by Gasteiger charge is 2.13. The first-order valence-electron chi connectivity index (χ1n) is 4.10. The van der Waals surface area contributed by atoms with Gasteiger partial charge in [-0.1, -0.05) is 18.2 Å². The van der Waals surface area contributed by atoms with Crippen LogP contribution in [0, 0.1) is 0 Å². The minimum atomic E-state index is 0.948. The van der Waals surface area contributed by atoms with Crippen molar-refractivity contribution in [3.63, 3.8) is 0 Å². The molecule has 0 amide bonds. The van der Waals surface area contributed by atoms with E-state index in [1.165, 1.54) is 24.1 Å². The summed E-state index contributed by atoms with van der Waals surface area (Å²) in [6.45, 7) is 1.11. The Labute approximate surface area is 79.3 Å². The molecule has 1 aromatic rings. The van der Waals surface area contributed by atoms with Crippen LogP contribution in [0.1, 0.15) is 12.0 Å². The maximum atomic E-state index is 5.05. The Morgan fingerprint density at radius 1 is 1.33 bits per heavy atom. The number of anilines is 1. The molecule has 0 aliphatic carbocycles. The summed E-state index contributed by atoms with van der Waals surface area (Å²) >= 11 is 5.05. The van der Waals surface area contributed by atoms with Crippen molar-refractivity contribution in [1.82, 2.24) is 0 Å². The van der Waals surface area contributed by atoms with Crippen LogP contribution in [0.5, 0.6) is 0 Å². The Balaban J connectivity index is 2.43. The van der Waals surface area contributed by atoms with Gasteiger partial charge in [-0.15, -0.1) is 0 Å². The first-order valence-corrected chi connectivity index (χ1v) is 5.96. The largest absolute Gasteiger partial charge is 0.315 e. The highest BCUT2D eigenvalue weighted by molar-refractivity contribution is 7.97. The van der Waals surface area contributed by atoms with Gasteiger partial charge in [0, 0.05) is 12.2 Å². The normalized spacial score (nSPS) is 16.2. The maximum absolute atomic E-state index is 5.05. The first kappa shape index (κ1) is 8.15. The van der Waals surface area contributed by atoms with Gasteiger partial charge in [-0.05, 0) is 36.3 Å². The molecular weight excluding hydrogens is 185 g/mol. The number of hydrogen-bond acceptors (Lipinski definition) is 1. The minimum Gasteiger partial charge on any atom is -0.315 e. The standard InChI is InChI=1S/C9H10NPS/c12-11-10-7-3-5-8-4-1-2-6-9(8)10/h1-2,4,6H,3,5,7H2. The van der Waals surface area contributed by atoms with Crippen molar-refractivity contribution in [2.24, 2.45) is 0 Å². The molecule has 0 saturated carbocycles. The summed E-state index contributed by atoms with van der Waals surface area (Å²) in [5, 5.41) is 0. The highest BCUT2D eigenvalue weighted by atomic mass is 32.4. The summed E-state index contributed by atoms with van der Waals surface area (Å²) in [5.41, 5.74) is 2.78. The second-order valence-electron chi connectivity index (χ2n) is 2.94. The molecule has 0 unspecified atom stereocenters. The van der Waals surface area contributed by atoms with Gasteiger partial charge in [-0.25, -0.2) is 0 Å². The number of aryl methyl sites for hydroxylation is 1. The summed E-state index contributed by atoms with van der Waals surface area (Å²) < 4.78 is 2.24. The number of nitrogens with zero attached hydrogens (tertiary/aromatic N) is 1. The summed E-state index contributed by atoms with van der Waals surface area (Å²) in [7, 11) is 0.948. The Hall–Kier alpha value is -0.460. The molecule has 0 fully saturated rings. The van der Waals surface area contributed by atoms with E-state index in [2.05, 4.69) is 28.9 Å². The lowest BCUT2D eigenvalue weighted by Crippen LogP contribution is -2.19. The van der Waals surface area contributed by atoms with Crippen molar-refractivity contribution >= 4 is 25.0 Å². The fourth-order valence-corrected chi connectivity index (χ4v) is 2.61. The molecular formula is C9H10NPS. The third kappa shape index (κ3) is 1.37. The van der Waals surface area contributed by atoms with E-state index in [4.69, 9.17) is 11.8 Å². The second-order valence-corrected chi connectivity index (χ2v) is 4.07. The van der Waals surface area contributed by atoms with E-state index in [0.717, 1.165) is 14.1 Å². The maximum Gasteiger partial charge on any atom is 0.0935 e. The summed E-state index contributed by atoms with van der Waals surface area (Å²) in [4.78, 5) is 0. The number of fused-ring (bicyclic) bond motifs is 1. The smallest absolute Gasteiger partial charge is 0.0935 e. The molecule has 1 nitrogen and oxygen atoms in total. The third-order valence-electron chi connectivity index (χ3n) is 2.18.